The Balaban J connectivity index is 1.18. The summed E-state index contributed by atoms with van der Waals surface area (Å²) in [4.78, 5) is 30.4. The quantitative estimate of drug-likeness (QED) is 0.271. The van der Waals surface area contributed by atoms with Crippen LogP contribution in [-0.4, -0.2) is 33.6 Å². The third-order valence-electron chi connectivity index (χ3n) is 7.17. The van der Waals surface area contributed by atoms with Crippen LogP contribution in [0, 0.1) is 5.92 Å². The summed E-state index contributed by atoms with van der Waals surface area (Å²) in [6.07, 6.45) is 5.36. The number of rotatable bonds is 8. The first kappa shape index (κ1) is 29.8. The van der Waals surface area contributed by atoms with E-state index in [9.17, 15) is 9.59 Å². The molecule has 2 aromatic carbocycles. The molecule has 2 amide bonds. The number of nitrogens with zero attached hydrogens (tertiary/aromatic N) is 3. The van der Waals surface area contributed by atoms with Gasteiger partial charge < -0.3 is 10.6 Å². The number of carbonyl (C=O) groups excluding carboxylic acids is 2. The SMILES string of the molecule is CC1=C(NC(=O)Cc2cccc(Cl)c2)SC(C2CCCC(c3nnc(NC(=O)Cc4cccc(Cl)c4)s3)C2)=NCC1. The molecule has 0 saturated heterocycles. The number of thioether (sulfide) groups is 1. The van der Waals surface area contributed by atoms with E-state index in [4.69, 9.17) is 28.2 Å². The van der Waals surface area contributed by atoms with Gasteiger partial charge >= 0.3 is 0 Å². The number of benzene rings is 2. The smallest absolute Gasteiger partial charge is 0.230 e. The molecule has 1 fully saturated rings. The van der Waals surface area contributed by atoms with Crippen LogP contribution in [0.1, 0.15) is 61.1 Å². The zero-order valence-corrected chi connectivity index (χ0v) is 25.8. The highest BCUT2D eigenvalue weighted by atomic mass is 35.5. The van der Waals surface area contributed by atoms with Gasteiger partial charge in [-0.25, -0.2) is 0 Å². The van der Waals surface area contributed by atoms with Crippen molar-refractivity contribution in [3.8, 4) is 0 Å². The topological polar surface area (TPSA) is 96.3 Å². The van der Waals surface area contributed by atoms with Crippen LogP contribution in [0.15, 0.2) is 64.1 Å². The number of carbonyl (C=O) groups is 2. The van der Waals surface area contributed by atoms with Crippen molar-refractivity contribution in [1.82, 2.24) is 15.5 Å². The Morgan fingerprint density at radius 2 is 1.59 bits per heavy atom. The molecule has 41 heavy (non-hydrogen) atoms. The molecule has 0 bridgehead atoms. The van der Waals surface area contributed by atoms with E-state index >= 15 is 0 Å². The lowest BCUT2D eigenvalue weighted by Gasteiger charge is -2.28. The van der Waals surface area contributed by atoms with Crippen LogP contribution in [0.25, 0.3) is 0 Å². The maximum atomic E-state index is 12.9. The average Bonchev–Trinajstić information content (AvgIpc) is 3.32. The van der Waals surface area contributed by atoms with Crippen molar-refractivity contribution in [3.05, 3.63) is 85.3 Å². The Labute approximate surface area is 258 Å². The van der Waals surface area contributed by atoms with Crippen molar-refractivity contribution in [1.29, 1.82) is 0 Å². The molecule has 2 atom stereocenters. The Kier molecular flexibility index (Phi) is 10.1. The summed E-state index contributed by atoms with van der Waals surface area (Å²) in [6, 6.07) is 14.7. The van der Waals surface area contributed by atoms with Crippen molar-refractivity contribution >= 4 is 68.3 Å². The Morgan fingerprint density at radius 3 is 2.27 bits per heavy atom. The lowest BCUT2D eigenvalue weighted by atomic mass is 9.82. The first-order chi connectivity index (χ1) is 19.8. The number of hydrogen-bond acceptors (Lipinski definition) is 7. The van der Waals surface area contributed by atoms with Gasteiger partial charge in [0.15, 0.2) is 0 Å². The fourth-order valence-electron chi connectivity index (χ4n) is 5.10. The van der Waals surface area contributed by atoms with Gasteiger partial charge in [-0.2, -0.15) is 0 Å². The molecule has 2 N–H and O–H groups in total. The molecule has 2 aliphatic rings. The summed E-state index contributed by atoms with van der Waals surface area (Å²) >= 11 is 15.2. The van der Waals surface area contributed by atoms with E-state index in [1.54, 1.807) is 30.0 Å². The highest BCUT2D eigenvalue weighted by molar-refractivity contribution is 8.17. The monoisotopic (exact) mass is 627 g/mol. The predicted octanol–water partition coefficient (Wildman–Crippen LogP) is 7.43. The van der Waals surface area contributed by atoms with E-state index in [1.165, 1.54) is 11.3 Å². The molecule has 2 heterocycles. The van der Waals surface area contributed by atoms with Crippen LogP contribution in [0.5, 0.6) is 0 Å². The minimum atomic E-state index is -0.146. The summed E-state index contributed by atoms with van der Waals surface area (Å²) in [6.45, 7) is 2.78. The average molecular weight is 629 g/mol. The van der Waals surface area contributed by atoms with Gasteiger partial charge in [-0.1, -0.05) is 77.0 Å². The van der Waals surface area contributed by atoms with Gasteiger partial charge in [-0.3, -0.25) is 14.6 Å². The summed E-state index contributed by atoms with van der Waals surface area (Å²) in [5, 5.41) is 19.3. The van der Waals surface area contributed by atoms with Crippen LogP contribution < -0.4 is 10.6 Å². The lowest BCUT2D eigenvalue weighted by Crippen LogP contribution is -2.26. The molecular formula is C30H31Cl2N5O2S2. The largest absolute Gasteiger partial charge is 0.320 e. The second-order valence-electron chi connectivity index (χ2n) is 10.4. The summed E-state index contributed by atoms with van der Waals surface area (Å²) < 4.78 is 0. The first-order valence-corrected chi connectivity index (χ1v) is 16.0. The van der Waals surface area contributed by atoms with E-state index < -0.39 is 0 Å². The van der Waals surface area contributed by atoms with E-state index in [2.05, 4.69) is 27.8 Å². The van der Waals surface area contributed by atoms with Gasteiger partial charge in [-0.15, -0.1) is 10.2 Å². The van der Waals surface area contributed by atoms with Crippen LogP contribution in [0.4, 0.5) is 5.13 Å². The molecule has 3 aromatic rings. The predicted molar refractivity (Wildman–Crippen MR) is 169 cm³/mol. The zero-order chi connectivity index (χ0) is 28.8. The van der Waals surface area contributed by atoms with Gasteiger partial charge in [0, 0.05) is 28.4 Å². The minimum Gasteiger partial charge on any atom is -0.320 e. The van der Waals surface area contributed by atoms with Gasteiger partial charge in [-0.05, 0) is 73.6 Å². The van der Waals surface area contributed by atoms with Crippen molar-refractivity contribution in [2.45, 2.75) is 57.8 Å². The van der Waals surface area contributed by atoms with Gasteiger partial charge in [0.25, 0.3) is 0 Å². The lowest BCUT2D eigenvalue weighted by molar-refractivity contribution is -0.119. The molecule has 5 rings (SSSR count). The number of aliphatic imine (C=N–C) groups is 1. The summed E-state index contributed by atoms with van der Waals surface area (Å²) in [7, 11) is 0. The third kappa shape index (κ3) is 8.41. The molecule has 0 spiro atoms. The summed E-state index contributed by atoms with van der Waals surface area (Å²) in [5.41, 5.74) is 2.87. The fraction of sp³-hybridized carbons (Fsp3) is 0.367. The molecule has 1 aliphatic heterocycles. The van der Waals surface area contributed by atoms with Crippen molar-refractivity contribution in [2.24, 2.45) is 10.9 Å². The molecule has 7 nitrogen and oxygen atoms in total. The van der Waals surface area contributed by atoms with Gasteiger partial charge in [0.1, 0.15) is 5.01 Å². The molecular weight excluding hydrogens is 597 g/mol. The van der Waals surface area contributed by atoms with Crippen LogP contribution >= 0.6 is 46.3 Å². The molecule has 2 unspecified atom stereocenters. The van der Waals surface area contributed by atoms with Crippen molar-refractivity contribution in [2.75, 3.05) is 11.9 Å². The maximum Gasteiger partial charge on any atom is 0.230 e. The summed E-state index contributed by atoms with van der Waals surface area (Å²) in [5.74, 6) is 0.333. The number of aromatic nitrogens is 2. The van der Waals surface area contributed by atoms with Crippen LogP contribution in [0.2, 0.25) is 10.0 Å². The standard InChI is InChI=1S/C30H31Cl2N5O2S2/c1-18-11-12-33-28(40-27(18)34-25(38)15-19-5-2-9-23(31)13-19)21-7-4-8-22(17-21)29-36-37-30(41-29)35-26(39)16-20-6-3-10-24(32)14-20/h2-3,5-6,9-10,13-14,21-22H,4,7-8,11-12,15-17H2,1H3,(H,34,38)(H,35,37,39). The highest BCUT2D eigenvalue weighted by Gasteiger charge is 2.31. The van der Waals surface area contributed by atoms with Crippen LogP contribution in [-0.2, 0) is 22.4 Å². The fourth-order valence-corrected chi connectivity index (χ4v) is 7.62. The van der Waals surface area contributed by atoms with E-state index in [1.807, 2.05) is 30.3 Å². The third-order valence-corrected chi connectivity index (χ3v) is 9.97. The Morgan fingerprint density at radius 1 is 0.927 bits per heavy atom. The van der Waals surface area contributed by atoms with E-state index in [-0.39, 0.29) is 36.5 Å². The van der Waals surface area contributed by atoms with Gasteiger partial charge in [0.2, 0.25) is 16.9 Å². The maximum absolute atomic E-state index is 12.9. The zero-order valence-electron chi connectivity index (χ0n) is 22.7. The molecule has 11 heteroatoms. The second kappa shape index (κ2) is 14.0. The van der Waals surface area contributed by atoms with E-state index in [0.29, 0.717) is 21.7 Å². The number of nitrogens with one attached hydrogen (secondary N) is 2. The number of anilines is 1. The first-order valence-electron chi connectivity index (χ1n) is 13.7. The molecule has 1 aliphatic carbocycles. The van der Waals surface area contributed by atoms with Crippen LogP contribution in [0.3, 0.4) is 0 Å². The second-order valence-corrected chi connectivity index (χ2v) is 13.3. The number of hydrogen-bond donors (Lipinski definition) is 2. The Bertz CT molecular complexity index is 1490. The molecule has 0 radical (unpaired) electrons. The highest BCUT2D eigenvalue weighted by Crippen LogP contribution is 2.42. The van der Waals surface area contributed by atoms with Gasteiger partial charge in [0.05, 0.1) is 22.9 Å². The number of halogens is 2. The number of amides is 2. The van der Waals surface area contributed by atoms with Crippen molar-refractivity contribution in [3.63, 3.8) is 0 Å². The molecule has 1 aromatic heterocycles. The van der Waals surface area contributed by atoms with E-state index in [0.717, 1.165) is 63.9 Å². The molecule has 1 saturated carbocycles. The Hall–Kier alpha value is -2.72. The van der Waals surface area contributed by atoms with Crippen molar-refractivity contribution < 1.29 is 9.59 Å². The molecule has 214 valence electrons. The normalized spacial score (nSPS) is 19.3. The minimum absolute atomic E-state index is 0.0596.